The van der Waals surface area contributed by atoms with E-state index in [-0.39, 0.29) is 18.8 Å². The lowest BCUT2D eigenvalue weighted by Crippen LogP contribution is -2.28. The van der Waals surface area contributed by atoms with Crippen LogP contribution in [0.15, 0.2) is 47.7 Å². The average molecular weight is 456 g/mol. The molecular formula is C22H23F3O5S. The summed E-state index contributed by atoms with van der Waals surface area (Å²) in [7, 11) is -5.73. The summed E-state index contributed by atoms with van der Waals surface area (Å²) in [5.41, 5.74) is -4.70. The second kappa shape index (κ2) is 9.60. The summed E-state index contributed by atoms with van der Waals surface area (Å²) in [5, 5.41) is 0. The second-order valence-corrected chi connectivity index (χ2v) is 9.00. The number of halogens is 3. The van der Waals surface area contributed by atoms with Crippen molar-refractivity contribution in [3.05, 3.63) is 58.9 Å². The summed E-state index contributed by atoms with van der Waals surface area (Å²) in [4.78, 5) is 11.6. The van der Waals surface area contributed by atoms with Gasteiger partial charge in [0.15, 0.2) is 0 Å². The van der Waals surface area contributed by atoms with E-state index in [0.29, 0.717) is 29.5 Å². The van der Waals surface area contributed by atoms with Crippen LogP contribution in [0.5, 0.6) is 0 Å². The number of hydrogen-bond donors (Lipinski definition) is 0. The fraction of sp³-hybridized carbons (Fsp3) is 0.409. The smallest absolute Gasteiger partial charge is 0.462 e. The Morgan fingerprint density at radius 1 is 1.23 bits per heavy atom. The molecule has 31 heavy (non-hydrogen) atoms. The molecule has 2 rings (SSSR count). The molecular weight excluding hydrogens is 433 g/mol. The van der Waals surface area contributed by atoms with Crippen LogP contribution in [-0.2, 0) is 19.0 Å². The molecule has 1 aromatic carbocycles. The third-order valence-corrected chi connectivity index (χ3v) is 5.66. The molecule has 1 aliphatic rings. The van der Waals surface area contributed by atoms with Gasteiger partial charge in [0.2, 0.25) is 0 Å². The molecule has 0 saturated heterocycles. The van der Waals surface area contributed by atoms with Crippen molar-refractivity contribution < 1.29 is 35.3 Å². The van der Waals surface area contributed by atoms with Gasteiger partial charge >= 0.3 is 21.6 Å². The first-order valence-corrected chi connectivity index (χ1v) is 11.0. The summed E-state index contributed by atoms with van der Waals surface area (Å²) < 4.78 is 70.4. The number of alkyl halides is 3. The molecule has 0 saturated carbocycles. The predicted octanol–water partition coefficient (Wildman–Crippen LogP) is 5.10. The van der Waals surface area contributed by atoms with Crippen LogP contribution >= 0.6 is 0 Å². The predicted molar refractivity (Wildman–Crippen MR) is 109 cm³/mol. The monoisotopic (exact) mass is 456 g/mol. The number of ether oxygens (including phenoxy) is 1. The number of hydrogen-bond acceptors (Lipinski definition) is 5. The molecule has 0 unspecified atom stereocenters. The van der Waals surface area contributed by atoms with Crippen LogP contribution in [0.1, 0.15) is 56.0 Å². The number of carbonyl (C=O) groups is 1. The van der Waals surface area contributed by atoms with Gasteiger partial charge in [-0.15, -0.1) is 0 Å². The van der Waals surface area contributed by atoms with Crippen LogP contribution < -0.4 is 0 Å². The molecule has 0 aliphatic heterocycles. The van der Waals surface area contributed by atoms with Crippen molar-refractivity contribution in [3.8, 4) is 11.8 Å². The van der Waals surface area contributed by atoms with Crippen LogP contribution in [0.25, 0.3) is 0 Å². The van der Waals surface area contributed by atoms with Crippen molar-refractivity contribution in [2.45, 2.75) is 45.5 Å². The van der Waals surface area contributed by atoms with Gasteiger partial charge in [0.25, 0.3) is 0 Å². The molecule has 0 atom stereocenters. The highest BCUT2D eigenvalue weighted by molar-refractivity contribution is 7.87. The highest BCUT2D eigenvalue weighted by Gasteiger charge is 2.49. The first-order valence-electron chi connectivity index (χ1n) is 9.57. The lowest BCUT2D eigenvalue weighted by Gasteiger charge is -2.32. The Balaban J connectivity index is 2.25. The van der Waals surface area contributed by atoms with Crippen molar-refractivity contribution >= 4 is 16.1 Å². The maximum absolute atomic E-state index is 12.7. The number of rotatable bonds is 5. The molecule has 0 spiro atoms. The summed E-state index contributed by atoms with van der Waals surface area (Å²) in [5.74, 6) is 4.96. The Bertz CT molecular complexity index is 1040. The SMILES string of the molecule is CCOC(=O)c1ccc(C#C/C=C/C2=C(OS(=O)(=O)C(F)(F)F)CCCC2(C)C)cc1. The molecule has 0 bridgehead atoms. The van der Waals surface area contributed by atoms with Crippen molar-refractivity contribution in [3.63, 3.8) is 0 Å². The standard InChI is InChI=1S/C22H23F3O5S/c1-4-29-20(26)17-13-11-16(12-14-17)8-5-6-9-18-19(10-7-15-21(18,2)3)30-31(27,28)22(23,24)25/h6,9,11-14H,4,7,10,15H2,1-3H3/b9-6+. The minimum absolute atomic E-state index is 0.0845. The number of benzene rings is 1. The number of allylic oxidation sites excluding steroid dienone is 4. The van der Waals surface area contributed by atoms with Gasteiger partial charge in [-0.1, -0.05) is 25.7 Å². The van der Waals surface area contributed by atoms with E-state index < -0.39 is 27.0 Å². The number of carbonyl (C=O) groups excluding carboxylic acids is 1. The molecule has 1 aliphatic carbocycles. The van der Waals surface area contributed by atoms with E-state index in [1.54, 1.807) is 45.0 Å². The van der Waals surface area contributed by atoms with E-state index in [9.17, 15) is 26.4 Å². The molecule has 0 radical (unpaired) electrons. The normalized spacial score (nSPS) is 16.6. The Labute approximate surface area is 180 Å². The summed E-state index contributed by atoms with van der Waals surface area (Å²) >= 11 is 0. The minimum Gasteiger partial charge on any atom is -0.462 e. The molecule has 0 fully saturated rings. The van der Waals surface area contributed by atoms with Crippen LogP contribution in [0.3, 0.4) is 0 Å². The quantitative estimate of drug-likeness (QED) is 0.267. The van der Waals surface area contributed by atoms with Gasteiger partial charge in [-0.2, -0.15) is 21.6 Å². The Kier molecular flexibility index (Phi) is 7.60. The van der Waals surface area contributed by atoms with Gasteiger partial charge in [-0.25, -0.2) is 4.79 Å². The third kappa shape index (κ3) is 6.37. The van der Waals surface area contributed by atoms with Crippen LogP contribution in [-0.4, -0.2) is 26.5 Å². The van der Waals surface area contributed by atoms with E-state index in [0.717, 1.165) is 0 Å². The van der Waals surface area contributed by atoms with Crippen LogP contribution in [0.2, 0.25) is 0 Å². The zero-order valence-electron chi connectivity index (χ0n) is 17.4. The van der Waals surface area contributed by atoms with Gasteiger partial charge in [-0.3, -0.25) is 0 Å². The van der Waals surface area contributed by atoms with Crippen molar-refractivity contribution in [1.29, 1.82) is 0 Å². The molecule has 0 heterocycles. The fourth-order valence-corrected chi connectivity index (χ4v) is 3.61. The van der Waals surface area contributed by atoms with Gasteiger partial charge in [-0.05, 0) is 67.2 Å². The lowest BCUT2D eigenvalue weighted by atomic mass is 9.75. The van der Waals surface area contributed by atoms with E-state index >= 15 is 0 Å². The fourth-order valence-electron chi connectivity index (χ4n) is 3.08. The van der Waals surface area contributed by atoms with Crippen molar-refractivity contribution in [1.82, 2.24) is 0 Å². The van der Waals surface area contributed by atoms with Gasteiger partial charge in [0.1, 0.15) is 5.76 Å². The first kappa shape index (κ1) is 24.5. The molecule has 9 heteroatoms. The molecule has 0 N–H and O–H groups in total. The minimum atomic E-state index is -5.73. The summed E-state index contributed by atoms with van der Waals surface area (Å²) in [6.07, 6.45) is 4.17. The highest BCUT2D eigenvalue weighted by atomic mass is 32.2. The van der Waals surface area contributed by atoms with E-state index in [1.807, 2.05) is 0 Å². The van der Waals surface area contributed by atoms with Crippen LogP contribution in [0, 0.1) is 17.3 Å². The van der Waals surface area contributed by atoms with Gasteiger partial charge in [0.05, 0.1) is 12.2 Å². The molecule has 5 nitrogen and oxygen atoms in total. The lowest BCUT2D eigenvalue weighted by molar-refractivity contribution is -0.0525. The average Bonchev–Trinajstić information content (AvgIpc) is 2.66. The van der Waals surface area contributed by atoms with Crippen molar-refractivity contribution in [2.75, 3.05) is 6.61 Å². The van der Waals surface area contributed by atoms with E-state index in [2.05, 4.69) is 16.0 Å². The topological polar surface area (TPSA) is 69.7 Å². The Morgan fingerprint density at radius 2 is 1.87 bits per heavy atom. The third-order valence-electron chi connectivity index (χ3n) is 4.67. The largest absolute Gasteiger partial charge is 0.534 e. The first-order chi connectivity index (χ1) is 14.4. The Hall–Kier alpha value is -2.73. The molecule has 1 aromatic rings. The maximum atomic E-state index is 12.7. The maximum Gasteiger partial charge on any atom is 0.534 e. The summed E-state index contributed by atoms with van der Waals surface area (Å²) in [6.45, 7) is 5.59. The summed E-state index contributed by atoms with van der Waals surface area (Å²) in [6, 6.07) is 6.43. The molecule has 0 aromatic heterocycles. The van der Waals surface area contributed by atoms with Gasteiger partial charge < -0.3 is 8.92 Å². The van der Waals surface area contributed by atoms with Crippen molar-refractivity contribution in [2.24, 2.45) is 5.41 Å². The van der Waals surface area contributed by atoms with Crippen LogP contribution in [0.4, 0.5) is 13.2 Å². The molecule has 0 amide bonds. The number of esters is 1. The van der Waals surface area contributed by atoms with E-state index in [1.165, 1.54) is 12.2 Å². The van der Waals surface area contributed by atoms with E-state index in [4.69, 9.17) is 4.74 Å². The Morgan fingerprint density at radius 3 is 2.45 bits per heavy atom. The zero-order chi connectivity index (χ0) is 23.3. The van der Waals surface area contributed by atoms with Gasteiger partial charge in [0, 0.05) is 12.0 Å². The molecule has 168 valence electrons. The zero-order valence-corrected chi connectivity index (χ0v) is 18.2. The highest BCUT2D eigenvalue weighted by Crippen LogP contribution is 2.42. The second-order valence-electron chi connectivity index (χ2n) is 7.46.